The SMILES string of the molecule is CC(=COCCO)C(=O)OCCN(C)C. The molecule has 0 aliphatic carbocycles. The van der Waals surface area contributed by atoms with E-state index < -0.39 is 5.97 Å². The van der Waals surface area contributed by atoms with Crippen LogP contribution in [0.2, 0.25) is 0 Å². The molecule has 1 N–H and O–H groups in total. The van der Waals surface area contributed by atoms with Gasteiger partial charge in [0.05, 0.1) is 18.4 Å². The van der Waals surface area contributed by atoms with E-state index in [1.807, 2.05) is 19.0 Å². The third-order valence-electron chi connectivity index (χ3n) is 1.56. The minimum Gasteiger partial charge on any atom is -0.498 e. The van der Waals surface area contributed by atoms with E-state index in [2.05, 4.69) is 0 Å². The first kappa shape index (κ1) is 13.9. The summed E-state index contributed by atoms with van der Waals surface area (Å²) in [6.07, 6.45) is 1.30. The Hall–Kier alpha value is -1.07. The average molecular weight is 217 g/mol. The van der Waals surface area contributed by atoms with Crippen molar-refractivity contribution in [3.63, 3.8) is 0 Å². The van der Waals surface area contributed by atoms with Gasteiger partial charge in [0.2, 0.25) is 0 Å². The summed E-state index contributed by atoms with van der Waals surface area (Å²) in [7, 11) is 3.81. The topological polar surface area (TPSA) is 59.0 Å². The minimum atomic E-state index is -0.394. The number of esters is 1. The molecule has 0 radical (unpaired) electrons. The van der Waals surface area contributed by atoms with Gasteiger partial charge in [0.1, 0.15) is 13.2 Å². The molecule has 88 valence electrons. The standard InChI is InChI=1S/C10H19NO4/c1-9(8-14-7-5-12)10(13)15-6-4-11(2)3/h8,12H,4-7H2,1-3H3. The first-order valence-electron chi connectivity index (χ1n) is 4.79. The van der Waals surface area contributed by atoms with Crippen molar-refractivity contribution in [3.8, 4) is 0 Å². The lowest BCUT2D eigenvalue weighted by atomic mass is 10.3. The van der Waals surface area contributed by atoms with Crippen molar-refractivity contribution in [1.29, 1.82) is 0 Å². The summed E-state index contributed by atoms with van der Waals surface area (Å²) in [4.78, 5) is 13.2. The minimum absolute atomic E-state index is 0.0700. The molecule has 5 nitrogen and oxygen atoms in total. The van der Waals surface area contributed by atoms with Gasteiger partial charge in [-0.15, -0.1) is 0 Å². The number of carbonyl (C=O) groups is 1. The fourth-order valence-electron chi connectivity index (χ4n) is 0.719. The highest BCUT2D eigenvalue weighted by atomic mass is 16.5. The van der Waals surface area contributed by atoms with E-state index in [9.17, 15) is 4.79 Å². The molecule has 0 rings (SSSR count). The average Bonchev–Trinajstić information content (AvgIpc) is 2.17. The molecule has 0 unspecified atom stereocenters. The number of hydrogen-bond donors (Lipinski definition) is 1. The van der Waals surface area contributed by atoms with Gasteiger partial charge in [0.25, 0.3) is 0 Å². The van der Waals surface area contributed by atoms with Gasteiger partial charge in [0, 0.05) is 6.54 Å². The van der Waals surface area contributed by atoms with Gasteiger partial charge in [-0.2, -0.15) is 0 Å². The van der Waals surface area contributed by atoms with Crippen molar-refractivity contribution in [2.45, 2.75) is 6.92 Å². The van der Waals surface area contributed by atoms with Crippen LogP contribution in [-0.4, -0.2) is 56.4 Å². The molecule has 0 amide bonds. The van der Waals surface area contributed by atoms with Crippen LogP contribution >= 0.6 is 0 Å². The number of likely N-dealkylation sites (N-methyl/N-ethyl adjacent to an activating group) is 1. The third kappa shape index (κ3) is 7.96. The smallest absolute Gasteiger partial charge is 0.336 e. The number of aliphatic hydroxyl groups is 1. The molecule has 0 aromatic carbocycles. The highest BCUT2D eigenvalue weighted by Crippen LogP contribution is 1.97. The van der Waals surface area contributed by atoms with Gasteiger partial charge in [-0.3, -0.25) is 0 Å². The number of nitrogens with zero attached hydrogens (tertiary/aromatic N) is 1. The maximum atomic E-state index is 11.3. The summed E-state index contributed by atoms with van der Waals surface area (Å²) < 4.78 is 9.82. The van der Waals surface area contributed by atoms with Crippen LogP contribution in [0.3, 0.4) is 0 Å². The van der Waals surface area contributed by atoms with E-state index in [-0.39, 0.29) is 13.2 Å². The van der Waals surface area contributed by atoms with Crippen LogP contribution in [0.25, 0.3) is 0 Å². The van der Waals surface area contributed by atoms with Crippen molar-refractivity contribution < 1.29 is 19.4 Å². The Labute approximate surface area is 90.3 Å². The van der Waals surface area contributed by atoms with Gasteiger partial charge >= 0.3 is 5.97 Å². The molecule has 0 heterocycles. The molecule has 0 spiro atoms. The number of carbonyl (C=O) groups excluding carboxylic acids is 1. The normalized spacial score (nSPS) is 11.7. The maximum Gasteiger partial charge on any atom is 0.336 e. The van der Waals surface area contributed by atoms with E-state index in [0.29, 0.717) is 18.7 Å². The zero-order valence-corrected chi connectivity index (χ0v) is 9.52. The summed E-state index contributed by atoms with van der Waals surface area (Å²) in [5.41, 5.74) is 0.391. The van der Waals surface area contributed by atoms with Crippen LogP contribution in [0.5, 0.6) is 0 Å². The largest absolute Gasteiger partial charge is 0.498 e. The second-order valence-electron chi connectivity index (χ2n) is 3.33. The van der Waals surface area contributed by atoms with Gasteiger partial charge in [-0.05, 0) is 21.0 Å². The Balaban J connectivity index is 3.73. The summed E-state index contributed by atoms with van der Waals surface area (Å²) in [5.74, 6) is -0.394. The van der Waals surface area contributed by atoms with Crippen LogP contribution in [0, 0.1) is 0 Å². The van der Waals surface area contributed by atoms with Crippen molar-refractivity contribution in [1.82, 2.24) is 4.90 Å². The highest BCUT2D eigenvalue weighted by Gasteiger charge is 2.05. The Morgan fingerprint density at radius 2 is 2.07 bits per heavy atom. The fraction of sp³-hybridized carbons (Fsp3) is 0.700. The molecular weight excluding hydrogens is 198 g/mol. The fourth-order valence-corrected chi connectivity index (χ4v) is 0.719. The molecule has 0 saturated heterocycles. The van der Waals surface area contributed by atoms with Crippen molar-refractivity contribution in [2.24, 2.45) is 0 Å². The number of rotatable bonds is 7. The van der Waals surface area contributed by atoms with E-state index in [4.69, 9.17) is 14.6 Å². The number of hydrogen-bond acceptors (Lipinski definition) is 5. The Kier molecular flexibility index (Phi) is 7.67. The Bertz CT molecular complexity index is 213. The highest BCUT2D eigenvalue weighted by molar-refractivity contribution is 5.87. The van der Waals surface area contributed by atoms with Gasteiger partial charge in [0.15, 0.2) is 0 Å². The van der Waals surface area contributed by atoms with Crippen LogP contribution in [-0.2, 0) is 14.3 Å². The second-order valence-corrected chi connectivity index (χ2v) is 3.33. The summed E-state index contributed by atoms with van der Waals surface area (Å²) in [6, 6.07) is 0. The summed E-state index contributed by atoms with van der Waals surface area (Å²) >= 11 is 0. The molecule has 0 aliphatic heterocycles. The van der Waals surface area contributed by atoms with Crippen molar-refractivity contribution in [3.05, 3.63) is 11.8 Å². The predicted octanol–water partition coefficient (Wildman–Crippen LogP) is 0.00390. The lowest BCUT2D eigenvalue weighted by Crippen LogP contribution is -2.20. The predicted molar refractivity (Wildman–Crippen MR) is 56.3 cm³/mol. The molecule has 0 fully saturated rings. The number of aliphatic hydroxyl groups excluding tert-OH is 1. The lowest BCUT2D eigenvalue weighted by Gasteiger charge is -2.09. The molecule has 0 aromatic rings. The second kappa shape index (κ2) is 8.26. The summed E-state index contributed by atoms with van der Waals surface area (Å²) in [6.45, 7) is 2.77. The van der Waals surface area contributed by atoms with Gasteiger partial charge in [-0.1, -0.05) is 0 Å². The van der Waals surface area contributed by atoms with Gasteiger partial charge in [-0.25, -0.2) is 4.79 Å². The van der Waals surface area contributed by atoms with Gasteiger partial charge < -0.3 is 19.5 Å². The molecule has 0 saturated carbocycles. The molecule has 5 heteroatoms. The van der Waals surface area contributed by atoms with Crippen LogP contribution in [0.1, 0.15) is 6.92 Å². The van der Waals surface area contributed by atoms with Crippen molar-refractivity contribution in [2.75, 3.05) is 40.5 Å². The Morgan fingerprint density at radius 3 is 2.60 bits per heavy atom. The van der Waals surface area contributed by atoms with E-state index in [1.165, 1.54) is 6.26 Å². The lowest BCUT2D eigenvalue weighted by molar-refractivity contribution is -0.139. The zero-order valence-electron chi connectivity index (χ0n) is 9.52. The Morgan fingerprint density at radius 1 is 1.40 bits per heavy atom. The molecule has 0 aromatic heterocycles. The molecule has 0 aliphatic rings. The van der Waals surface area contributed by atoms with E-state index >= 15 is 0 Å². The summed E-state index contributed by atoms with van der Waals surface area (Å²) in [5, 5.41) is 8.44. The molecular formula is C10H19NO4. The first-order valence-corrected chi connectivity index (χ1v) is 4.79. The third-order valence-corrected chi connectivity index (χ3v) is 1.56. The maximum absolute atomic E-state index is 11.3. The van der Waals surface area contributed by atoms with E-state index in [1.54, 1.807) is 6.92 Å². The van der Waals surface area contributed by atoms with Crippen LogP contribution in [0.15, 0.2) is 11.8 Å². The monoisotopic (exact) mass is 217 g/mol. The number of ether oxygens (including phenoxy) is 2. The first-order chi connectivity index (χ1) is 7.07. The molecule has 0 bridgehead atoms. The van der Waals surface area contributed by atoms with Crippen molar-refractivity contribution >= 4 is 5.97 Å². The molecule has 15 heavy (non-hydrogen) atoms. The van der Waals surface area contributed by atoms with E-state index in [0.717, 1.165) is 0 Å². The zero-order chi connectivity index (χ0) is 11.7. The van der Waals surface area contributed by atoms with Crippen LogP contribution < -0.4 is 0 Å². The molecule has 0 atom stereocenters. The quantitative estimate of drug-likeness (QED) is 0.281. The van der Waals surface area contributed by atoms with Crippen LogP contribution in [0.4, 0.5) is 0 Å².